The Kier molecular flexibility index (Phi) is 5.02. The van der Waals surface area contributed by atoms with Gasteiger partial charge in [-0.15, -0.1) is 0 Å². The van der Waals surface area contributed by atoms with Crippen LogP contribution in [0.3, 0.4) is 0 Å². The zero-order valence-electron chi connectivity index (χ0n) is 14.9. The summed E-state index contributed by atoms with van der Waals surface area (Å²) >= 11 is 0. The smallest absolute Gasteiger partial charge is 0.0624 e. The first-order valence-corrected chi connectivity index (χ1v) is 8.98. The van der Waals surface area contributed by atoms with Crippen molar-refractivity contribution in [2.45, 2.75) is 0 Å². The third kappa shape index (κ3) is 4.28. The molecule has 0 amide bonds. The minimum Gasteiger partial charge on any atom is -0.354 e. The van der Waals surface area contributed by atoms with Crippen LogP contribution in [0.25, 0.3) is 0 Å². The van der Waals surface area contributed by atoms with Gasteiger partial charge in [-0.3, -0.25) is 0 Å². The van der Waals surface area contributed by atoms with E-state index in [1.165, 1.54) is 0 Å². The molecule has 4 aromatic rings. The molecular weight excluding hydrogens is 330 g/mol. The van der Waals surface area contributed by atoms with Gasteiger partial charge in [-0.05, 0) is 48.5 Å². The van der Waals surface area contributed by atoms with Gasteiger partial charge in [0.1, 0.15) is 0 Å². The SMILES string of the molecule is c1ccc(Nc2ccccc2Nc2ccccc2Nc2ccccc2)cc1. The molecule has 0 aliphatic carbocycles. The Morgan fingerprint density at radius 2 is 0.593 bits per heavy atom. The first-order chi connectivity index (χ1) is 13.4. The highest BCUT2D eigenvalue weighted by molar-refractivity contribution is 5.84. The Morgan fingerprint density at radius 3 is 0.963 bits per heavy atom. The van der Waals surface area contributed by atoms with Crippen molar-refractivity contribution in [2.24, 2.45) is 0 Å². The number of para-hydroxylation sites is 6. The number of anilines is 6. The molecule has 0 aromatic heterocycles. The lowest BCUT2D eigenvalue weighted by molar-refractivity contribution is 1.48. The zero-order valence-corrected chi connectivity index (χ0v) is 14.9. The van der Waals surface area contributed by atoms with Crippen molar-refractivity contribution < 1.29 is 0 Å². The Hall–Kier alpha value is -3.72. The molecular formula is C24H21N3. The predicted octanol–water partition coefficient (Wildman–Crippen LogP) is 6.92. The molecule has 0 saturated heterocycles. The second-order valence-corrected chi connectivity index (χ2v) is 6.20. The summed E-state index contributed by atoms with van der Waals surface area (Å²) in [6.07, 6.45) is 0. The summed E-state index contributed by atoms with van der Waals surface area (Å²) in [6.45, 7) is 0. The van der Waals surface area contributed by atoms with Crippen LogP contribution in [0.4, 0.5) is 34.1 Å². The first-order valence-electron chi connectivity index (χ1n) is 8.98. The highest BCUT2D eigenvalue weighted by Crippen LogP contribution is 2.32. The lowest BCUT2D eigenvalue weighted by atomic mass is 10.2. The van der Waals surface area contributed by atoms with E-state index in [-0.39, 0.29) is 0 Å². The first kappa shape index (κ1) is 16.7. The van der Waals surface area contributed by atoms with Crippen LogP contribution >= 0.6 is 0 Å². The van der Waals surface area contributed by atoms with Gasteiger partial charge < -0.3 is 16.0 Å². The second kappa shape index (κ2) is 8.11. The molecule has 0 unspecified atom stereocenters. The van der Waals surface area contributed by atoms with Crippen molar-refractivity contribution in [3.8, 4) is 0 Å². The summed E-state index contributed by atoms with van der Waals surface area (Å²) in [5.74, 6) is 0. The van der Waals surface area contributed by atoms with Crippen molar-refractivity contribution >= 4 is 34.1 Å². The van der Waals surface area contributed by atoms with E-state index in [0.29, 0.717) is 0 Å². The van der Waals surface area contributed by atoms with E-state index in [0.717, 1.165) is 34.1 Å². The van der Waals surface area contributed by atoms with Crippen molar-refractivity contribution in [3.05, 3.63) is 109 Å². The summed E-state index contributed by atoms with van der Waals surface area (Å²) in [4.78, 5) is 0. The largest absolute Gasteiger partial charge is 0.354 e. The van der Waals surface area contributed by atoms with Crippen molar-refractivity contribution in [1.29, 1.82) is 0 Å². The molecule has 3 heteroatoms. The highest BCUT2D eigenvalue weighted by atomic mass is 15.0. The van der Waals surface area contributed by atoms with E-state index in [2.05, 4.69) is 64.5 Å². The molecule has 3 N–H and O–H groups in total. The molecule has 3 nitrogen and oxygen atoms in total. The average Bonchev–Trinajstić information content (AvgIpc) is 2.72. The molecule has 0 aliphatic rings. The van der Waals surface area contributed by atoms with Crippen LogP contribution in [-0.4, -0.2) is 0 Å². The molecule has 0 radical (unpaired) electrons. The Bertz CT molecular complexity index is 915. The second-order valence-electron chi connectivity index (χ2n) is 6.20. The van der Waals surface area contributed by atoms with Crippen molar-refractivity contribution in [2.75, 3.05) is 16.0 Å². The minimum atomic E-state index is 1.02. The highest BCUT2D eigenvalue weighted by Gasteiger charge is 2.06. The normalized spacial score (nSPS) is 10.2. The topological polar surface area (TPSA) is 36.1 Å². The van der Waals surface area contributed by atoms with E-state index in [1.807, 2.05) is 60.7 Å². The van der Waals surface area contributed by atoms with E-state index in [4.69, 9.17) is 0 Å². The van der Waals surface area contributed by atoms with Gasteiger partial charge >= 0.3 is 0 Å². The summed E-state index contributed by atoms with van der Waals surface area (Å²) in [5.41, 5.74) is 6.20. The molecule has 4 rings (SSSR count). The van der Waals surface area contributed by atoms with E-state index in [9.17, 15) is 0 Å². The Balaban J connectivity index is 1.60. The van der Waals surface area contributed by atoms with Crippen LogP contribution in [0.15, 0.2) is 109 Å². The van der Waals surface area contributed by atoms with Crippen molar-refractivity contribution in [3.63, 3.8) is 0 Å². The van der Waals surface area contributed by atoms with Gasteiger partial charge in [0.25, 0.3) is 0 Å². The molecule has 4 aromatic carbocycles. The number of hydrogen-bond acceptors (Lipinski definition) is 3. The molecule has 0 bridgehead atoms. The third-order valence-electron chi connectivity index (χ3n) is 4.23. The number of rotatable bonds is 6. The van der Waals surface area contributed by atoms with Gasteiger partial charge in [0.2, 0.25) is 0 Å². The van der Waals surface area contributed by atoms with Crippen LogP contribution in [0, 0.1) is 0 Å². The van der Waals surface area contributed by atoms with Crippen LogP contribution in [0.1, 0.15) is 0 Å². The van der Waals surface area contributed by atoms with E-state index >= 15 is 0 Å². The fraction of sp³-hybridized carbons (Fsp3) is 0. The maximum absolute atomic E-state index is 3.56. The summed E-state index contributed by atoms with van der Waals surface area (Å²) < 4.78 is 0. The maximum atomic E-state index is 3.56. The summed E-state index contributed by atoms with van der Waals surface area (Å²) in [6, 6.07) is 36.8. The molecule has 0 heterocycles. The number of nitrogens with one attached hydrogen (secondary N) is 3. The molecule has 0 aliphatic heterocycles. The van der Waals surface area contributed by atoms with Gasteiger partial charge in [0, 0.05) is 11.4 Å². The van der Waals surface area contributed by atoms with Crippen LogP contribution in [0.5, 0.6) is 0 Å². The molecule has 0 saturated carbocycles. The Labute approximate surface area is 159 Å². The van der Waals surface area contributed by atoms with Crippen LogP contribution in [-0.2, 0) is 0 Å². The molecule has 132 valence electrons. The fourth-order valence-electron chi connectivity index (χ4n) is 2.90. The lowest BCUT2D eigenvalue weighted by Gasteiger charge is -2.17. The van der Waals surface area contributed by atoms with E-state index in [1.54, 1.807) is 0 Å². The fourth-order valence-corrected chi connectivity index (χ4v) is 2.90. The maximum Gasteiger partial charge on any atom is 0.0624 e. The molecule has 0 spiro atoms. The lowest BCUT2D eigenvalue weighted by Crippen LogP contribution is -2.00. The average molecular weight is 351 g/mol. The third-order valence-corrected chi connectivity index (χ3v) is 4.23. The summed E-state index contributed by atoms with van der Waals surface area (Å²) in [7, 11) is 0. The summed E-state index contributed by atoms with van der Waals surface area (Å²) in [5, 5.41) is 10.5. The monoisotopic (exact) mass is 351 g/mol. The van der Waals surface area contributed by atoms with Crippen LogP contribution < -0.4 is 16.0 Å². The quantitative estimate of drug-likeness (QED) is 0.353. The van der Waals surface area contributed by atoms with E-state index < -0.39 is 0 Å². The van der Waals surface area contributed by atoms with Gasteiger partial charge in [-0.2, -0.15) is 0 Å². The van der Waals surface area contributed by atoms with Crippen molar-refractivity contribution in [1.82, 2.24) is 0 Å². The van der Waals surface area contributed by atoms with Crippen LogP contribution in [0.2, 0.25) is 0 Å². The predicted molar refractivity (Wildman–Crippen MR) is 116 cm³/mol. The molecule has 0 fully saturated rings. The number of benzene rings is 4. The minimum absolute atomic E-state index is 1.02. The molecule has 27 heavy (non-hydrogen) atoms. The number of hydrogen-bond donors (Lipinski definition) is 3. The van der Waals surface area contributed by atoms with Gasteiger partial charge in [0.15, 0.2) is 0 Å². The van der Waals surface area contributed by atoms with Gasteiger partial charge in [-0.1, -0.05) is 60.7 Å². The standard InChI is InChI=1S/C24H21N3/c1-3-11-19(12-4-1)25-21-15-7-9-17-23(21)27-24-18-10-8-16-22(24)26-20-13-5-2-6-14-20/h1-18,25-27H. The Morgan fingerprint density at radius 1 is 0.296 bits per heavy atom. The molecule has 0 atom stereocenters. The van der Waals surface area contributed by atoms with Gasteiger partial charge in [0.05, 0.1) is 22.7 Å². The zero-order chi connectivity index (χ0) is 18.3. The van der Waals surface area contributed by atoms with Gasteiger partial charge in [-0.25, -0.2) is 0 Å².